The third-order valence-corrected chi connectivity index (χ3v) is 4.49. The zero-order valence-corrected chi connectivity index (χ0v) is 11.3. The van der Waals surface area contributed by atoms with Gasteiger partial charge in [0.15, 0.2) is 0 Å². The van der Waals surface area contributed by atoms with E-state index in [1.54, 1.807) is 12.1 Å². The fourth-order valence-electron chi connectivity index (χ4n) is 3.07. The summed E-state index contributed by atoms with van der Waals surface area (Å²) in [4.78, 5) is 0. The molecular weight excluding hydrogens is 241 g/mol. The second kappa shape index (κ2) is 6.02. The molecule has 1 N–H and O–H groups in total. The second-order valence-electron chi connectivity index (χ2n) is 5.77. The van der Waals surface area contributed by atoms with E-state index in [4.69, 9.17) is 4.74 Å². The average molecular weight is 263 g/mol. The van der Waals surface area contributed by atoms with Gasteiger partial charge >= 0.3 is 0 Å². The number of ether oxygens (including phenoxy) is 1. The summed E-state index contributed by atoms with van der Waals surface area (Å²) in [6.07, 6.45) is 6.09. The van der Waals surface area contributed by atoms with Crippen molar-refractivity contribution in [2.24, 2.45) is 5.92 Å². The quantitative estimate of drug-likeness (QED) is 0.898. The zero-order chi connectivity index (χ0) is 13.1. The Morgan fingerprint density at radius 1 is 1.05 bits per heavy atom. The Hall–Kier alpha value is -0.930. The van der Waals surface area contributed by atoms with E-state index in [2.05, 4.69) is 5.32 Å². The van der Waals surface area contributed by atoms with Crippen LogP contribution in [0.1, 0.15) is 43.7 Å². The van der Waals surface area contributed by atoms with Crippen molar-refractivity contribution in [2.75, 3.05) is 13.2 Å². The summed E-state index contributed by atoms with van der Waals surface area (Å²) in [6, 6.07) is 7.95. The van der Waals surface area contributed by atoms with E-state index in [-0.39, 0.29) is 5.82 Å². The van der Waals surface area contributed by atoms with Crippen LogP contribution < -0.4 is 5.32 Å². The maximum Gasteiger partial charge on any atom is 0.123 e. The largest absolute Gasteiger partial charge is 0.381 e. The lowest BCUT2D eigenvalue weighted by Crippen LogP contribution is -2.41. The number of halogens is 1. The van der Waals surface area contributed by atoms with E-state index in [1.807, 2.05) is 12.1 Å². The van der Waals surface area contributed by atoms with Crippen LogP contribution in [0.4, 0.5) is 4.39 Å². The molecule has 1 aromatic carbocycles. The Morgan fingerprint density at radius 2 is 1.74 bits per heavy atom. The standard InChI is InChI=1S/C16H22FNO/c17-14-6-4-13(5-7-14)16(12-2-1-3-12)18-15-8-10-19-11-9-15/h4-7,12,15-16,18H,1-3,8-11H2. The molecule has 1 aliphatic heterocycles. The van der Waals surface area contributed by atoms with Crippen LogP contribution in [-0.4, -0.2) is 19.3 Å². The minimum Gasteiger partial charge on any atom is -0.381 e. The topological polar surface area (TPSA) is 21.3 Å². The fourth-order valence-corrected chi connectivity index (χ4v) is 3.07. The van der Waals surface area contributed by atoms with Crippen LogP contribution >= 0.6 is 0 Å². The van der Waals surface area contributed by atoms with Gasteiger partial charge in [0.1, 0.15) is 5.82 Å². The first-order valence-corrected chi connectivity index (χ1v) is 7.42. The summed E-state index contributed by atoms with van der Waals surface area (Å²) >= 11 is 0. The molecular formula is C16H22FNO. The van der Waals surface area contributed by atoms with Crippen LogP contribution in [-0.2, 0) is 4.74 Å². The summed E-state index contributed by atoms with van der Waals surface area (Å²) in [7, 11) is 0. The lowest BCUT2D eigenvalue weighted by Gasteiger charge is -2.38. The van der Waals surface area contributed by atoms with Crippen LogP contribution in [0.2, 0.25) is 0 Å². The summed E-state index contributed by atoms with van der Waals surface area (Å²) < 4.78 is 18.5. The average Bonchev–Trinajstić information content (AvgIpc) is 2.38. The number of hydrogen-bond acceptors (Lipinski definition) is 2. The fraction of sp³-hybridized carbons (Fsp3) is 0.625. The molecule has 19 heavy (non-hydrogen) atoms. The van der Waals surface area contributed by atoms with Gasteiger partial charge < -0.3 is 10.1 Å². The maximum absolute atomic E-state index is 13.1. The van der Waals surface area contributed by atoms with Crippen LogP contribution in [0.15, 0.2) is 24.3 Å². The van der Waals surface area contributed by atoms with Gasteiger partial charge in [-0.3, -0.25) is 0 Å². The number of benzene rings is 1. The highest BCUT2D eigenvalue weighted by Crippen LogP contribution is 2.38. The third kappa shape index (κ3) is 3.15. The number of hydrogen-bond donors (Lipinski definition) is 1. The molecule has 1 atom stereocenters. The molecule has 0 amide bonds. The van der Waals surface area contributed by atoms with E-state index >= 15 is 0 Å². The Labute approximate surface area is 114 Å². The summed E-state index contributed by atoms with van der Waals surface area (Å²) in [5.41, 5.74) is 1.23. The molecule has 0 spiro atoms. The minimum absolute atomic E-state index is 0.151. The Morgan fingerprint density at radius 3 is 2.32 bits per heavy atom. The summed E-state index contributed by atoms with van der Waals surface area (Å²) in [6.45, 7) is 1.72. The molecule has 2 nitrogen and oxygen atoms in total. The van der Waals surface area contributed by atoms with Gasteiger partial charge in [-0.1, -0.05) is 18.6 Å². The summed E-state index contributed by atoms with van der Waals surface area (Å²) in [5.74, 6) is 0.565. The first kappa shape index (κ1) is 13.1. The lowest BCUT2D eigenvalue weighted by molar-refractivity contribution is 0.0686. The first-order chi connectivity index (χ1) is 9.33. The molecule has 1 saturated carbocycles. The van der Waals surface area contributed by atoms with Gasteiger partial charge in [-0.2, -0.15) is 0 Å². The molecule has 1 aliphatic carbocycles. The van der Waals surface area contributed by atoms with Crippen molar-refractivity contribution in [2.45, 2.75) is 44.2 Å². The molecule has 1 unspecified atom stereocenters. The Bertz CT molecular complexity index is 396. The van der Waals surface area contributed by atoms with Crippen molar-refractivity contribution in [1.29, 1.82) is 0 Å². The molecule has 1 heterocycles. The summed E-state index contributed by atoms with van der Waals surface area (Å²) in [5, 5.41) is 3.79. The maximum atomic E-state index is 13.1. The Balaban J connectivity index is 1.71. The van der Waals surface area contributed by atoms with E-state index in [0.717, 1.165) is 26.1 Å². The van der Waals surface area contributed by atoms with Gasteiger partial charge in [0, 0.05) is 25.3 Å². The SMILES string of the molecule is Fc1ccc(C(NC2CCOCC2)C2CCC2)cc1. The number of nitrogens with one attached hydrogen (secondary N) is 1. The van der Waals surface area contributed by atoms with Gasteiger partial charge in [-0.15, -0.1) is 0 Å². The van der Waals surface area contributed by atoms with E-state index < -0.39 is 0 Å². The molecule has 104 valence electrons. The minimum atomic E-state index is -0.151. The third-order valence-electron chi connectivity index (χ3n) is 4.49. The van der Waals surface area contributed by atoms with Crippen LogP contribution in [0.3, 0.4) is 0 Å². The molecule has 3 heteroatoms. The van der Waals surface area contributed by atoms with Crippen molar-refractivity contribution in [1.82, 2.24) is 5.32 Å². The van der Waals surface area contributed by atoms with Gasteiger partial charge in [0.25, 0.3) is 0 Å². The molecule has 0 radical (unpaired) electrons. The number of rotatable bonds is 4. The van der Waals surface area contributed by atoms with E-state index in [0.29, 0.717) is 18.0 Å². The van der Waals surface area contributed by atoms with Crippen molar-refractivity contribution in [3.63, 3.8) is 0 Å². The van der Waals surface area contributed by atoms with E-state index in [1.165, 1.54) is 24.8 Å². The molecule has 1 saturated heterocycles. The first-order valence-electron chi connectivity index (χ1n) is 7.42. The highest BCUT2D eigenvalue weighted by atomic mass is 19.1. The lowest BCUT2D eigenvalue weighted by atomic mass is 9.76. The van der Waals surface area contributed by atoms with Crippen LogP contribution in [0, 0.1) is 11.7 Å². The van der Waals surface area contributed by atoms with Gasteiger partial charge in [0.05, 0.1) is 0 Å². The van der Waals surface area contributed by atoms with Gasteiger partial charge in [-0.25, -0.2) is 4.39 Å². The zero-order valence-electron chi connectivity index (χ0n) is 11.3. The van der Waals surface area contributed by atoms with Crippen LogP contribution in [0.25, 0.3) is 0 Å². The molecule has 2 fully saturated rings. The monoisotopic (exact) mass is 263 g/mol. The van der Waals surface area contributed by atoms with Crippen molar-refractivity contribution < 1.29 is 9.13 Å². The molecule has 1 aromatic rings. The van der Waals surface area contributed by atoms with Crippen molar-refractivity contribution >= 4 is 0 Å². The Kier molecular flexibility index (Phi) is 4.14. The van der Waals surface area contributed by atoms with Gasteiger partial charge in [0.2, 0.25) is 0 Å². The normalized spacial score (nSPS) is 23.0. The molecule has 0 bridgehead atoms. The highest BCUT2D eigenvalue weighted by Gasteiger charge is 2.30. The molecule has 3 rings (SSSR count). The smallest absolute Gasteiger partial charge is 0.123 e. The van der Waals surface area contributed by atoms with Gasteiger partial charge in [-0.05, 0) is 49.3 Å². The van der Waals surface area contributed by atoms with Crippen molar-refractivity contribution in [3.8, 4) is 0 Å². The highest BCUT2D eigenvalue weighted by molar-refractivity contribution is 5.21. The van der Waals surface area contributed by atoms with E-state index in [9.17, 15) is 4.39 Å². The van der Waals surface area contributed by atoms with Crippen LogP contribution in [0.5, 0.6) is 0 Å². The molecule has 2 aliphatic rings. The second-order valence-corrected chi connectivity index (χ2v) is 5.77. The predicted molar refractivity (Wildman–Crippen MR) is 73.5 cm³/mol. The predicted octanol–water partition coefficient (Wildman–Crippen LogP) is 3.44. The van der Waals surface area contributed by atoms with Crippen molar-refractivity contribution in [3.05, 3.63) is 35.6 Å². The molecule has 0 aromatic heterocycles.